The number of carbonyl (C=O) groups excluding carboxylic acids is 1. The van der Waals surface area contributed by atoms with Gasteiger partial charge in [0.25, 0.3) is 0 Å². The topological polar surface area (TPSA) is 57.3 Å². The number of hydrogen-bond acceptors (Lipinski definition) is 3. The lowest BCUT2D eigenvalue weighted by Gasteiger charge is -2.23. The van der Waals surface area contributed by atoms with Crippen molar-refractivity contribution in [3.05, 3.63) is 66.5 Å². The molecule has 0 spiro atoms. The molecule has 3 aromatic rings. The first-order valence-electron chi connectivity index (χ1n) is 10.4. The van der Waals surface area contributed by atoms with E-state index in [4.69, 9.17) is 0 Å². The zero-order valence-corrected chi connectivity index (χ0v) is 16.8. The summed E-state index contributed by atoms with van der Waals surface area (Å²) in [6.45, 7) is 6.46. The molecule has 0 bridgehead atoms. The minimum Gasteiger partial charge on any atom is -0.371 e. The third-order valence-electron chi connectivity index (χ3n) is 6.35. The van der Waals surface area contributed by atoms with Gasteiger partial charge in [0, 0.05) is 59.8 Å². The molecule has 0 radical (unpaired) electrons. The van der Waals surface area contributed by atoms with Crippen LogP contribution in [0, 0.1) is 11.8 Å². The molecule has 5 rings (SSSR count). The number of benzene rings is 2. The average molecular weight is 386 g/mol. The summed E-state index contributed by atoms with van der Waals surface area (Å²) in [6, 6.07) is 16.9. The van der Waals surface area contributed by atoms with Gasteiger partial charge in [-0.25, -0.2) is 4.79 Å². The SMILES string of the molecule is CC(C)c1ccc(N2CC3C(C2)C3NC(=O)Nc2cccc3cnccc23)cc1. The van der Waals surface area contributed by atoms with E-state index >= 15 is 0 Å². The molecule has 1 aliphatic heterocycles. The van der Waals surface area contributed by atoms with Gasteiger partial charge in [-0.3, -0.25) is 4.98 Å². The quantitative estimate of drug-likeness (QED) is 0.688. The van der Waals surface area contributed by atoms with Crippen LogP contribution in [0.25, 0.3) is 10.8 Å². The maximum Gasteiger partial charge on any atom is 0.319 e. The molecule has 5 nitrogen and oxygen atoms in total. The first kappa shape index (κ1) is 18.0. The number of amides is 2. The normalized spacial score (nSPS) is 22.6. The number of rotatable bonds is 4. The first-order chi connectivity index (χ1) is 14.1. The van der Waals surface area contributed by atoms with Crippen molar-refractivity contribution in [3.63, 3.8) is 0 Å². The van der Waals surface area contributed by atoms with E-state index in [9.17, 15) is 4.79 Å². The highest BCUT2D eigenvalue weighted by Crippen LogP contribution is 2.46. The number of aromatic nitrogens is 1. The van der Waals surface area contributed by atoms with E-state index in [0.29, 0.717) is 17.8 Å². The Balaban J connectivity index is 1.18. The largest absolute Gasteiger partial charge is 0.371 e. The third kappa shape index (κ3) is 3.41. The zero-order valence-electron chi connectivity index (χ0n) is 16.8. The summed E-state index contributed by atoms with van der Waals surface area (Å²) in [5.41, 5.74) is 3.48. The van der Waals surface area contributed by atoms with Crippen LogP contribution in [-0.4, -0.2) is 30.1 Å². The van der Waals surface area contributed by atoms with Crippen molar-refractivity contribution >= 4 is 28.2 Å². The Bertz CT molecular complexity index is 1030. The standard InChI is InChI=1S/C24H26N4O/c1-15(2)16-6-8-18(9-7-16)28-13-20-21(14-28)23(20)27-24(29)26-22-5-3-4-17-12-25-11-10-19(17)22/h3-12,15,20-21,23H,13-14H2,1-2H3,(H2,26,27,29). The van der Waals surface area contributed by atoms with Crippen LogP contribution in [0.15, 0.2) is 60.9 Å². The van der Waals surface area contributed by atoms with E-state index in [1.807, 2.05) is 30.5 Å². The minimum absolute atomic E-state index is 0.124. The number of urea groups is 1. The van der Waals surface area contributed by atoms with Crippen LogP contribution >= 0.6 is 0 Å². The molecule has 2 unspecified atom stereocenters. The molecule has 1 aliphatic carbocycles. The van der Waals surface area contributed by atoms with Crippen LogP contribution in [0.5, 0.6) is 0 Å². The summed E-state index contributed by atoms with van der Waals surface area (Å²) in [5, 5.41) is 8.21. The highest BCUT2D eigenvalue weighted by Gasteiger charge is 2.56. The molecular formula is C24H26N4O. The van der Waals surface area contributed by atoms with Gasteiger partial charge in [0.2, 0.25) is 0 Å². The third-order valence-corrected chi connectivity index (χ3v) is 6.35. The van der Waals surface area contributed by atoms with Gasteiger partial charge >= 0.3 is 6.03 Å². The maximum atomic E-state index is 12.5. The molecule has 2 aliphatic rings. The summed E-state index contributed by atoms with van der Waals surface area (Å²) >= 11 is 0. The van der Waals surface area contributed by atoms with Crippen molar-refractivity contribution in [2.75, 3.05) is 23.3 Å². The average Bonchev–Trinajstić information content (AvgIpc) is 3.16. The number of hydrogen-bond donors (Lipinski definition) is 2. The second-order valence-corrected chi connectivity index (χ2v) is 8.51. The molecule has 1 saturated heterocycles. The number of carbonyl (C=O) groups is 1. The second-order valence-electron chi connectivity index (χ2n) is 8.51. The predicted molar refractivity (Wildman–Crippen MR) is 117 cm³/mol. The van der Waals surface area contributed by atoms with E-state index in [0.717, 1.165) is 29.5 Å². The molecule has 2 amide bonds. The number of fused-ring (bicyclic) bond motifs is 2. The van der Waals surface area contributed by atoms with E-state index in [2.05, 4.69) is 58.6 Å². The summed E-state index contributed by atoms with van der Waals surface area (Å²) in [7, 11) is 0. The molecule has 2 aromatic carbocycles. The van der Waals surface area contributed by atoms with Gasteiger partial charge in [0.05, 0.1) is 5.69 Å². The summed E-state index contributed by atoms with van der Waals surface area (Å²) < 4.78 is 0. The molecule has 2 N–H and O–H groups in total. The molecule has 1 aromatic heterocycles. The Labute approximate surface area is 171 Å². The molecule has 2 heterocycles. The van der Waals surface area contributed by atoms with Crippen molar-refractivity contribution in [1.82, 2.24) is 10.3 Å². The van der Waals surface area contributed by atoms with Crippen LogP contribution in [0.4, 0.5) is 16.2 Å². The lowest BCUT2D eigenvalue weighted by molar-refractivity contribution is 0.250. The van der Waals surface area contributed by atoms with Crippen molar-refractivity contribution in [2.45, 2.75) is 25.8 Å². The van der Waals surface area contributed by atoms with Gasteiger partial charge < -0.3 is 15.5 Å². The van der Waals surface area contributed by atoms with Crippen molar-refractivity contribution < 1.29 is 4.79 Å². The van der Waals surface area contributed by atoms with Gasteiger partial charge in [-0.2, -0.15) is 0 Å². The lowest BCUT2D eigenvalue weighted by atomic mass is 10.0. The smallest absolute Gasteiger partial charge is 0.319 e. The molecule has 148 valence electrons. The van der Waals surface area contributed by atoms with Crippen LogP contribution in [0.2, 0.25) is 0 Å². The van der Waals surface area contributed by atoms with Crippen LogP contribution < -0.4 is 15.5 Å². The fourth-order valence-corrected chi connectivity index (χ4v) is 4.56. The van der Waals surface area contributed by atoms with E-state index in [1.54, 1.807) is 6.20 Å². The van der Waals surface area contributed by atoms with E-state index in [-0.39, 0.29) is 12.1 Å². The summed E-state index contributed by atoms with van der Waals surface area (Å²) in [4.78, 5) is 19.1. The fraction of sp³-hybridized carbons (Fsp3) is 0.333. The summed E-state index contributed by atoms with van der Waals surface area (Å²) in [5.74, 6) is 1.64. The number of piperidine rings is 1. The van der Waals surface area contributed by atoms with Crippen LogP contribution in [-0.2, 0) is 0 Å². The van der Waals surface area contributed by atoms with Gasteiger partial charge in [-0.1, -0.05) is 38.1 Å². The molecule has 5 heteroatoms. The minimum atomic E-state index is -0.124. The summed E-state index contributed by atoms with van der Waals surface area (Å²) in [6.07, 6.45) is 3.56. The van der Waals surface area contributed by atoms with Gasteiger partial charge in [-0.15, -0.1) is 0 Å². The highest BCUT2D eigenvalue weighted by atomic mass is 16.2. The Morgan fingerprint density at radius 3 is 2.55 bits per heavy atom. The Morgan fingerprint density at radius 2 is 1.83 bits per heavy atom. The molecular weight excluding hydrogens is 360 g/mol. The molecule has 29 heavy (non-hydrogen) atoms. The fourth-order valence-electron chi connectivity index (χ4n) is 4.56. The lowest BCUT2D eigenvalue weighted by Crippen LogP contribution is -2.37. The van der Waals surface area contributed by atoms with Gasteiger partial charge in [0.1, 0.15) is 0 Å². The van der Waals surface area contributed by atoms with Crippen molar-refractivity contribution in [3.8, 4) is 0 Å². The predicted octanol–water partition coefficient (Wildman–Crippen LogP) is 4.61. The van der Waals surface area contributed by atoms with Crippen LogP contribution in [0.1, 0.15) is 25.3 Å². The zero-order chi connectivity index (χ0) is 20.0. The Kier molecular flexibility index (Phi) is 4.38. The number of nitrogens with zero attached hydrogens (tertiary/aromatic N) is 2. The second kappa shape index (κ2) is 7.07. The maximum absolute atomic E-state index is 12.5. The van der Waals surface area contributed by atoms with Gasteiger partial charge in [-0.05, 0) is 35.7 Å². The number of pyridine rings is 1. The van der Waals surface area contributed by atoms with Gasteiger partial charge in [0.15, 0.2) is 0 Å². The molecule has 1 saturated carbocycles. The number of anilines is 2. The molecule has 2 fully saturated rings. The van der Waals surface area contributed by atoms with Crippen molar-refractivity contribution in [1.29, 1.82) is 0 Å². The number of nitrogens with one attached hydrogen (secondary N) is 2. The van der Waals surface area contributed by atoms with Crippen molar-refractivity contribution in [2.24, 2.45) is 11.8 Å². The highest BCUT2D eigenvalue weighted by molar-refractivity contribution is 6.01. The Morgan fingerprint density at radius 1 is 1.07 bits per heavy atom. The van der Waals surface area contributed by atoms with E-state index < -0.39 is 0 Å². The first-order valence-corrected chi connectivity index (χ1v) is 10.4. The monoisotopic (exact) mass is 386 g/mol. The molecule has 2 atom stereocenters. The van der Waals surface area contributed by atoms with E-state index in [1.165, 1.54) is 11.3 Å². The van der Waals surface area contributed by atoms with Crippen LogP contribution in [0.3, 0.4) is 0 Å². The Hall–Kier alpha value is -3.08.